The minimum Gasteiger partial charge on any atom is -1.00 e. The first-order valence-corrected chi connectivity index (χ1v) is 3.63. The fourth-order valence-corrected chi connectivity index (χ4v) is 0.477. The Kier molecular flexibility index (Phi) is 10.7. The SMILES string of the molecule is CC(C)COC(=O)C(C#N)C=O.[H-].[K+]. The van der Waals surface area contributed by atoms with Gasteiger partial charge in [0.1, 0.15) is 6.29 Å². The van der Waals surface area contributed by atoms with Crippen LogP contribution < -0.4 is 51.4 Å². The van der Waals surface area contributed by atoms with Gasteiger partial charge in [0.15, 0.2) is 5.92 Å². The molecule has 4 nitrogen and oxygen atoms in total. The van der Waals surface area contributed by atoms with Gasteiger partial charge in [0, 0.05) is 0 Å². The average Bonchev–Trinajstić information content (AvgIpc) is 2.03. The molecule has 0 aliphatic rings. The van der Waals surface area contributed by atoms with Gasteiger partial charge in [-0.1, -0.05) is 13.8 Å². The van der Waals surface area contributed by atoms with E-state index in [2.05, 4.69) is 4.74 Å². The third-order valence-corrected chi connectivity index (χ3v) is 1.09. The quantitative estimate of drug-likeness (QED) is 0.225. The van der Waals surface area contributed by atoms with Crippen molar-refractivity contribution in [3.8, 4) is 6.07 Å². The van der Waals surface area contributed by atoms with E-state index in [1.54, 1.807) is 0 Å². The van der Waals surface area contributed by atoms with Crippen molar-refractivity contribution in [2.75, 3.05) is 6.61 Å². The van der Waals surface area contributed by atoms with Crippen LogP contribution in [0, 0.1) is 23.2 Å². The molecule has 13 heavy (non-hydrogen) atoms. The van der Waals surface area contributed by atoms with Crippen LogP contribution in [0.3, 0.4) is 0 Å². The van der Waals surface area contributed by atoms with Crippen LogP contribution in [0.5, 0.6) is 0 Å². The van der Waals surface area contributed by atoms with Gasteiger partial charge in [-0.2, -0.15) is 5.26 Å². The Balaban J connectivity index is -0.000000605. The van der Waals surface area contributed by atoms with Crippen molar-refractivity contribution < 1.29 is 67.1 Å². The number of hydrogen-bond acceptors (Lipinski definition) is 4. The third-order valence-electron chi connectivity index (χ3n) is 1.09. The summed E-state index contributed by atoms with van der Waals surface area (Å²) in [4.78, 5) is 20.9. The molecule has 0 fully saturated rings. The van der Waals surface area contributed by atoms with Crippen LogP contribution in [0.25, 0.3) is 0 Å². The van der Waals surface area contributed by atoms with Crippen LogP contribution in [0.2, 0.25) is 0 Å². The molecule has 1 unspecified atom stereocenters. The first kappa shape index (κ1) is 15.7. The van der Waals surface area contributed by atoms with E-state index < -0.39 is 11.9 Å². The Morgan fingerprint density at radius 2 is 2.23 bits per heavy atom. The third kappa shape index (κ3) is 7.35. The molecule has 0 aliphatic heterocycles. The minimum atomic E-state index is -1.27. The number of nitrogens with zero attached hydrogens (tertiary/aromatic N) is 1. The number of carbonyl (C=O) groups excluding carboxylic acids is 2. The van der Waals surface area contributed by atoms with Gasteiger partial charge in [0.25, 0.3) is 0 Å². The Morgan fingerprint density at radius 3 is 2.54 bits per heavy atom. The Hall–Kier alpha value is 0.266. The fourth-order valence-electron chi connectivity index (χ4n) is 0.477. The smallest absolute Gasteiger partial charge is 1.00 e. The number of carbonyl (C=O) groups is 2. The van der Waals surface area contributed by atoms with Crippen LogP contribution in [0.1, 0.15) is 15.3 Å². The molecule has 0 heterocycles. The molecular weight excluding hydrogens is 197 g/mol. The average molecular weight is 209 g/mol. The summed E-state index contributed by atoms with van der Waals surface area (Å²) in [6.45, 7) is 3.98. The standard InChI is InChI=1S/C8H11NO3.K.H/c1-6(2)5-12-8(11)7(3-9)4-10;;/h4,6-7H,5H2,1-2H3;;/q;+1;-1. The van der Waals surface area contributed by atoms with Gasteiger partial charge in [-0.3, -0.25) is 4.79 Å². The monoisotopic (exact) mass is 209 g/mol. The van der Waals surface area contributed by atoms with Gasteiger partial charge in [-0.25, -0.2) is 0 Å². The molecule has 68 valence electrons. The van der Waals surface area contributed by atoms with E-state index in [9.17, 15) is 9.59 Å². The molecule has 0 amide bonds. The number of hydrogen-bond donors (Lipinski definition) is 0. The van der Waals surface area contributed by atoms with Crippen LogP contribution in [-0.2, 0) is 14.3 Å². The van der Waals surface area contributed by atoms with E-state index >= 15 is 0 Å². The fraction of sp³-hybridized carbons (Fsp3) is 0.625. The second kappa shape index (κ2) is 8.85. The van der Waals surface area contributed by atoms with Gasteiger partial charge in [0.05, 0.1) is 12.7 Å². The summed E-state index contributed by atoms with van der Waals surface area (Å²) in [6.07, 6.45) is 0.280. The topological polar surface area (TPSA) is 67.2 Å². The molecule has 0 aromatic carbocycles. The van der Waals surface area contributed by atoms with Crippen LogP contribution >= 0.6 is 0 Å². The molecule has 0 aliphatic carbocycles. The summed E-state index contributed by atoms with van der Waals surface area (Å²) < 4.78 is 4.65. The maximum Gasteiger partial charge on any atom is 1.00 e. The van der Waals surface area contributed by atoms with Gasteiger partial charge in [-0.15, -0.1) is 0 Å². The predicted molar refractivity (Wildman–Crippen MR) is 42.1 cm³/mol. The van der Waals surface area contributed by atoms with E-state index in [1.807, 2.05) is 13.8 Å². The Morgan fingerprint density at radius 1 is 1.69 bits per heavy atom. The predicted octanol–water partition coefficient (Wildman–Crippen LogP) is -2.36. The molecule has 0 N–H and O–H groups in total. The van der Waals surface area contributed by atoms with E-state index in [0.29, 0.717) is 0 Å². The molecule has 0 aromatic heterocycles. The molecule has 1 atom stereocenters. The molecular formula is C8H12KNO3. The molecule has 0 bridgehead atoms. The Bertz CT molecular complexity index is 215. The van der Waals surface area contributed by atoms with Crippen molar-refractivity contribution in [2.45, 2.75) is 13.8 Å². The number of ether oxygens (including phenoxy) is 1. The maximum atomic E-state index is 10.8. The number of aldehydes is 1. The zero-order chi connectivity index (χ0) is 9.56. The van der Waals surface area contributed by atoms with E-state index in [4.69, 9.17) is 5.26 Å². The molecule has 0 aromatic rings. The number of nitriles is 1. The van der Waals surface area contributed by atoms with Crippen LogP contribution in [-0.4, -0.2) is 18.9 Å². The Labute approximate surface area is 122 Å². The summed E-state index contributed by atoms with van der Waals surface area (Å²) in [7, 11) is 0. The zero-order valence-electron chi connectivity index (χ0n) is 9.11. The largest absolute Gasteiger partial charge is 1.00 e. The zero-order valence-corrected chi connectivity index (χ0v) is 11.2. The van der Waals surface area contributed by atoms with E-state index in [1.165, 1.54) is 6.07 Å². The summed E-state index contributed by atoms with van der Waals surface area (Å²) in [5.74, 6) is -1.83. The second-order valence-corrected chi connectivity index (χ2v) is 2.77. The van der Waals surface area contributed by atoms with Gasteiger partial charge < -0.3 is 11.0 Å². The van der Waals surface area contributed by atoms with E-state index in [-0.39, 0.29) is 71.6 Å². The number of rotatable bonds is 4. The summed E-state index contributed by atoms with van der Waals surface area (Å²) in [5, 5.41) is 8.28. The van der Waals surface area contributed by atoms with E-state index in [0.717, 1.165) is 0 Å². The molecule has 5 heteroatoms. The normalized spacial score (nSPS) is 10.9. The van der Waals surface area contributed by atoms with Crippen molar-refractivity contribution in [1.29, 1.82) is 5.26 Å². The summed E-state index contributed by atoms with van der Waals surface area (Å²) in [5.41, 5.74) is 0. The summed E-state index contributed by atoms with van der Waals surface area (Å²) >= 11 is 0. The molecule has 0 rings (SSSR count). The summed E-state index contributed by atoms with van der Waals surface area (Å²) in [6, 6.07) is 1.53. The first-order valence-electron chi connectivity index (χ1n) is 3.63. The van der Waals surface area contributed by atoms with Crippen LogP contribution in [0.4, 0.5) is 0 Å². The van der Waals surface area contributed by atoms with Crippen molar-refractivity contribution in [1.82, 2.24) is 0 Å². The molecule has 0 spiro atoms. The van der Waals surface area contributed by atoms with Crippen molar-refractivity contribution in [2.24, 2.45) is 11.8 Å². The molecule has 0 saturated carbocycles. The van der Waals surface area contributed by atoms with Crippen molar-refractivity contribution in [3.63, 3.8) is 0 Å². The number of esters is 1. The van der Waals surface area contributed by atoms with Gasteiger partial charge >= 0.3 is 57.4 Å². The second-order valence-electron chi connectivity index (χ2n) is 2.77. The minimum absolute atomic E-state index is 0. The van der Waals surface area contributed by atoms with Gasteiger partial charge in [0.2, 0.25) is 0 Å². The molecule has 0 saturated heterocycles. The van der Waals surface area contributed by atoms with Gasteiger partial charge in [-0.05, 0) is 5.92 Å². The maximum absolute atomic E-state index is 10.8. The molecule has 0 radical (unpaired) electrons. The van der Waals surface area contributed by atoms with Crippen molar-refractivity contribution in [3.05, 3.63) is 0 Å². The first-order chi connectivity index (χ1) is 5.61. The van der Waals surface area contributed by atoms with Crippen molar-refractivity contribution >= 4 is 12.3 Å². The van der Waals surface area contributed by atoms with Crippen LogP contribution in [0.15, 0.2) is 0 Å².